The van der Waals surface area contributed by atoms with Crippen LogP contribution in [0.1, 0.15) is 67.2 Å². The lowest BCUT2D eigenvalue weighted by atomic mass is 9.77. The summed E-state index contributed by atoms with van der Waals surface area (Å²) in [6.45, 7) is 14.7. The van der Waals surface area contributed by atoms with Crippen LogP contribution in [-0.2, 0) is 14.4 Å². The molecule has 1 spiro atoms. The molecule has 4 heterocycles. The Morgan fingerprint density at radius 3 is 2.34 bits per heavy atom. The maximum atomic E-state index is 14.8. The van der Waals surface area contributed by atoms with E-state index in [1.807, 2.05) is 42.2 Å². The summed E-state index contributed by atoms with van der Waals surface area (Å²) in [6, 6.07) is 6.84. The predicted molar refractivity (Wildman–Crippen MR) is 176 cm³/mol. The summed E-state index contributed by atoms with van der Waals surface area (Å²) >= 11 is 1.62. The SMILES string of the molecule is CCOc1ccc(N2CC=C[C@H]3S[C@]45C=CCN(C(C)(C)CC(C)(C)C)C(=O)C4N(CCCCCO)C(=O)[C@@H]5[C@H]3C2=O)cc1. The van der Waals surface area contributed by atoms with Gasteiger partial charge in [0.05, 0.1) is 23.2 Å². The normalized spacial score (nSPS) is 28.6. The van der Waals surface area contributed by atoms with E-state index in [1.165, 1.54) is 0 Å². The maximum absolute atomic E-state index is 14.8. The number of unbranched alkanes of at least 4 members (excludes halogenated alkanes) is 2. The quantitative estimate of drug-likeness (QED) is 0.290. The fourth-order valence-corrected chi connectivity index (χ4v) is 10.0. The van der Waals surface area contributed by atoms with Gasteiger partial charge in [-0.2, -0.15) is 0 Å². The second kappa shape index (κ2) is 12.5. The molecule has 1 aromatic carbocycles. The Balaban J connectivity index is 1.53. The highest BCUT2D eigenvalue weighted by molar-refractivity contribution is 8.02. The predicted octanol–water partition coefficient (Wildman–Crippen LogP) is 5.06. The molecule has 0 aliphatic carbocycles. The van der Waals surface area contributed by atoms with E-state index in [4.69, 9.17) is 4.74 Å². The van der Waals surface area contributed by atoms with E-state index in [1.54, 1.807) is 21.6 Å². The molecule has 44 heavy (non-hydrogen) atoms. The minimum atomic E-state index is -0.838. The fraction of sp³-hybridized carbons (Fsp3) is 0.629. The minimum Gasteiger partial charge on any atom is -0.494 e. The first-order valence-electron chi connectivity index (χ1n) is 16.1. The van der Waals surface area contributed by atoms with Gasteiger partial charge in [0.25, 0.3) is 0 Å². The summed E-state index contributed by atoms with van der Waals surface area (Å²) in [5.41, 5.74) is 0.342. The Hall–Kier alpha value is -2.78. The largest absolute Gasteiger partial charge is 0.494 e. The number of hydrogen-bond donors (Lipinski definition) is 1. The molecule has 0 aromatic heterocycles. The van der Waals surface area contributed by atoms with Crippen LogP contribution in [0.5, 0.6) is 5.75 Å². The van der Waals surface area contributed by atoms with Crippen molar-refractivity contribution in [2.75, 3.05) is 37.7 Å². The first kappa shape index (κ1) is 32.6. The number of aliphatic hydroxyl groups excluding tert-OH is 1. The Morgan fingerprint density at radius 1 is 0.955 bits per heavy atom. The lowest BCUT2D eigenvalue weighted by Gasteiger charge is -2.44. The molecule has 0 bridgehead atoms. The first-order chi connectivity index (χ1) is 20.8. The third-order valence-corrected chi connectivity index (χ3v) is 11.1. The molecule has 1 unspecified atom stereocenters. The smallest absolute Gasteiger partial charge is 0.247 e. The number of fused-ring (bicyclic) bond motifs is 2. The highest BCUT2D eigenvalue weighted by Gasteiger charge is 2.71. The molecule has 9 heteroatoms. The Kier molecular flexibility index (Phi) is 9.30. The third-order valence-electron chi connectivity index (χ3n) is 9.37. The van der Waals surface area contributed by atoms with Crippen LogP contribution in [0.15, 0.2) is 48.6 Å². The van der Waals surface area contributed by atoms with E-state index in [-0.39, 0.29) is 35.0 Å². The molecular formula is C35H49N3O5S. The molecule has 3 amide bonds. The van der Waals surface area contributed by atoms with Gasteiger partial charge < -0.3 is 24.5 Å². The van der Waals surface area contributed by atoms with Gasteiger partial charge in [-0.05, 0) is 76.1 Å². The molecule has 1 aromatic rings. The number of aliphatic hydroxyl groups is 1. The van der Waals surface area contributed by atoms with Crippen LogP contribution >= 0.6 is 11.8 Å². The molecule has 1 N–H and O–H groups in total. The van der Waals surface area contributed by atoms with Crippen molar-refractivity contribution in [1.29, 1.82) is 0 Å². The van der Waals surface area contributed by atoms with Gasteiger partial charge in [0, 0.05) is 42.7 Å². The number of benzene rings is 1. The van der Waals surface area contributed by atoms with Crippen molar-refractivity contribution >= 4 is 35.2 Å². The standard InChI is InChI=1S/C35H49N3O5S/c1-7-43-25-16-14-24(15-17-25)36-20-11-13-26-27(30(36)40)28-31(41)37(19-9-8-10-22-39)29-32(42)38(21-12-18-35(28,29)44-26)34(5,6)23-33(2,3)4/h11-18,26-29,39H,7-10,19-23H2,1-6H3/t26-,27+,28+,29?,35+/m1/s1. The topological polar surface area (TPSA) is 90.4 Å². The number of carbonyl (C=O) groups excluding carboxylic acids is 3. The fourth-order valence-electron chi connectivity index (χ4n) is 8.01. The molecule has 8 nitrogen and oxygen atoms in total. The zero-order valence-corrected chi connectivity index (χ0v) is 27.9. The number of amides is 3. The van der Waals surface area contributed by atoms with E-state index in [9.17, 15) is 19.5 Å². The summed E-state index contributed by atoms with van der Waals surface area (Å²) < 4.78 is 4.77. The van der Waals surface area contributed by atoms with Crippen molar-refractivity contribution in [1.82, 2.24) is 9.80 Å². The van der Waals surface area contributed by atoms with Gasteiger partial charge in [0.2, 0.25) is 17.7 Å². The monoisotopic (exact) mass is 623 g/mol. The van der Waals surface area contributed by atoms with Crippen LogP contribution in [0.25, 0.3) is 0 Å². The van der Waals surface area contributed by atoms with Crippen molar-refractivity contribution in [3.05, 3.63) is 48.6 Å². The maximum Gasteiger partial charge on any atom is 0.247 e. The average molecular weight is 624 g/mol. The van der Waals surface area contributed by atoms with E-state index in [0.717, 1.165) is 24.3 Å². The van der Waals surface area contributed by atoms with E-state index < -0.39 is 28.2 Å². The average Bonchev–Trinajstić information content (AvgIpc) is 3.25. The number of hydrogen-bond acceptors (Lipinski definition) is 6. The van der Waals surface area contributed by atoms with Crippen LogP contribution in [0, 0.1) is 17.3 Å². The molecule has 2 fully saturated rings. The molecule has 4 aliphatic heterocycles. The minimum absolute atomic E-state index is 0.00629. The third kappa shape index (κ3) is 5.94. The number of nitrogens with zero attached hydrogens (tertiary/aromatic N) is 3. The lowest BCUT2D eigenvalue weighted by molar-refractivity contribution is -0.146. The van der Waals surface area contributed by atoms with E-state index in [0.29, 0.717) is 39.1 Å². The molecule has 5 rings (SSSR count). The molecule has 5 atom stereocenters. The van der Waals surface area contributed by atoms with Gasteiger partial charge in [-0.3, -0.25) is 14.4 Å². The Morgan fingerprint density at radius 2 is 1.68 bits per heavy atom. The van der Waals surface area contributed by atoms with Crippen molar-refractivity contribution in [2.45, 2.75) is 88.8 Å². The summed E-state index contributed by atoms with van der Waals surface area (Å²) in [4.78, 5) is 49.3. The van der Waals surface area contributed by atoms with Gasteiger partial charge in [-0.15, -0.1) is 11.8 Å². The van der Waals surface area contributed by atoms with Crippen LogP contribution in [0.4, 0.5) is 5.69 Å². The molecule has 2 saturated heterocycles. The second-order valence-electron chi connectivity index (χ2n) is 14.4. The number of rotatable bonds is 10. The molecule has 240 valence electrons. The van der Waals surface area contributed by atoms with Gasteiger partial charge in [0.15, 0.2) is 0 Å². The summed E-state index contributed by atoms with van der Waals surface area (Å²) in [5, 5.41) is 9.15. The van der Waals surface area contributed by atoms with Crippen molar-refractivity contribution in [3.63, 3.8) is 0 Å². The summed E-state index contributed by atoms with van der Waals surface area (Å²) in [6.07, 6.45) is 11.2. The Bertz CT molecular complexity index is 1300. The highest BCUT2D eigenvalue weighted by atomic mass is 32.2. The second-order valence-corrected chi connectivity index (χ2v) is 15.9. The number of anilines is 1. The number of likely N-dealkylation sites (tertiary alicyclic amines) is 1. The van der Waals surface area contributed by atoms with Crippen LogP contribution in [-0.4, -0.2) is 87.1 Å². The van der Waals surface area contributed by atoms with Crippen molar-refractivity contribution in [2.24, 2.45) is 17.3 Å². The number of ether oxygens (including phenoxy) is 1. The van der Waals surface area contributed by atoms with Crippen LogP contribution in [0.3, 0.4) is 0 Å². The zero-order chi connectivity index (χ0) is 31.9. The van der Waals surface area contributed by atoms with Gasteiger partial charge >= 0.3 is 0 Å². The Labute approximate surface area is 266 Å². The van der Waals surface area contributed by atoms with Crippen LogP contribution < -0.4 is 9.64 Å². The van der Waals surface area contributed by atoms with Gasteiger partial charge in [0.1, 0.15) is 11.8 Å². The molecule has 0 saturated carbocycles. The van der Waals surface area contributed by atoms with E-state index in [2.05, 4.69) is 52.8 Å². The first-order valence-corrected chi connectivity index (χ1v) is 17.0. The number of thioether (sulfide) groups is 1. The molecule has 4 aliphatic rings. The lowest BCUT2D eigenvalue weighted by Crippen LogP contribution is -2.58. The van der Waals surface area contributed by atoms with Crippen molar-refractivity contribution < 1.29 is 24.2 Å². The van der Waals surface area contributed by atoms with Gasteiger partial charge in [-0.1, -0.05) is 45.1 Å². The molecule has 0 radical (unpaired) electrons. The summed E-state index contributed by atoms with van der Waals surface area (Å²) in [7, 11) is 0. The number of carbonyl (C=O) groups is 3. The highest BCUT2D eigenvalue weighted by Crippen LogP contribution is 2.61. The van der Waals surface area contributed by atoms with E-state index >= 15 is 0 Å². The zero-order valence-electron chi connectivity index (χ0n) is 27.1. The summed E-state index contributed by atoms with van der Waals surface area (Å²) in [5.74, 6) is -0.716. The molecular weight excluding hydrogens is 574 g/mol. The van der Waals surface area contributed by atoms with Crippen LogP contribution in [0.2, 0.25) is 0 Å². The van der Waals surface area contributed by atoms with Crippen molar-refractivity contribution in [3.8, 4) is 5.75 Å². The van der Waals surface area contributed by atoms with Gasteiger partial charge in [-0.25, -0.2) is 0 Å².